The summed E-state index contributed by atoms with van der Waals surface area (Å²) in [5.41, 5.74) is 2.93. The van der Waals surface area contributed by atoms with E-state index in [2.05, 4.69) is 25.6 Å². The van der Waals surface area contributed by atoms with Crippen LogP contribution in [0.25, 0.3) is 17.1 Å². The molecular formula is C18H19N5O. The number of fused-ring (bicyclic) bond motifs is 1. The van der Waals surface area contributed by atoms with Crippen molar-refractivity contribution in [1.82, 2.24) is 20.6 Å². The molecule has 1 saturated carbocycles. The second-order valence-corrected chi connectivity index (χ2v) is 6.23. The van der Waals surface area contributed by atoms with E-state index in [0.29, 0.717) is 17.7 Å². The van der Waals surface area contributed by atoms with Gasteiger partial charge in [0.25, 0.3) is 5.91 Å². The number of rotatable bonds is 2. The molecule has 0 radical (unpaired) electrons. The van der Waals surface area contributed by atoms with Crippen LogP contribution in [0.5, 0.6) is 0 Å². The highest BCUT2D eigenvalue weighted by molar-refractivity contribution is 6.13. The maximum atomic E-state index is 12.1. The third-order valence-corrected chi connectivity index (χ3v) is 4.44. The molecule has 0 spiro atoms. The Kier molecular flexibility index (Phi) is 3.94. The molecule has 1 fully saturated rings. The van der Waals surface area contributed by atoms with Crippen LogP contribution in [0.15, 0.2) is 41.3 Å². The van der Waals surface area contributed by atoms with E-state index in [0.717, 1.165) is 29.4 Å². The van der Waals surface area contributed by atoms with Crippen molar-refractivity contribution in [3.8, 4) is 0 Å². The number of aromatic nitrogens is 2. The zero-order valence-electron chi connectivity index (χ0n) is 13.3. The van der Waals surface area contributed by atoms with Crippen LogP contribution in [0.2, 0.25) is 0 Å². The minimum Gasteiger partial charge on any atom is -0.353 e. The molecule has 1 aliphatic heterocycles. The summed E-state index contributed by atoms with van der Waals surface area (Å²) in [7, 11) is 0. The fourth-order valence-electron chi connectivity index (χ4n) is 3.21. The van der Waals surface area contributed by atoms with E-state index in [-0.39, 0.29) is 5.91 Å². The first kappa shape index (κ1) is 14.8. The standard InChI is InChI=1S/C18H19N5O/c24-17-16(22-18(23-17)21-13-4-2-1-3-5-13)11-12-6-7-14-15(10-12)20-9-8-19-14/h6-11,13H,1-5H2,(H2,21,22,23,24)/b16-11-. The van der Waals surface area contributed by atoms with E-state index in [4.69, 9.17) is 0 Å². The molecule has 1 amide bonds. The minimum absolute atomic E-state index is 0.174. The Morgan fingerprint density at radius 2 is 1.88 bits per heavy atom. The zero-order valence-corrected chi connectivity index (χ0v) is 13.3. The lowest BCUT2D eigenvalue weighted by Gasteiger charge is -2.23. The normalized spacial score (nSPS) is 20.2. The molecule has 1 aliphatic carbocycles. The Bertz CT molecular complexity index is 836. The highest BCUT2D eigenvalue weighted by Gasteiger charge is 2.23. The molecule has 1 aromatic carbocycles. The first-order chi connectivity index (χ1) is 11.8. The lowest BCUT2D eigenvalue weighted by molar-refractivity contribution is -0.115. The van der Waals surface area contributed by atoms with Gasteiger partial charge in [-0.3, -0.25) is 20.1 Å². The third kappa shape index (κ3) is 3.13. The summed E-state index contributed by atoms with van der Waals surface area (Å²) >= 11 is 0. The molecule has 1 aromatic heterocycles. The Labute approximate surface area is 140 Å². The average Bonchev–Trinajstić information content (AvgIpc) is 2.95. The van der Waals surface area contributed by atoms with Gasteiger partial charge in [-0.15, -0.1) is 0 Å². The summed E-state index contributed by atoms with van der Waals surface area (Å²) in [6.07, 6.45) is 11.1. The van der Waals surface area contributed by atoms with Crippen LogP contribution in [0.3, 0.4) is 0 Å². The Hall–Kier alpha value is -2.76. The fraction of sp³-hybridized carbons (Fsp3) is 0.333. The van der Waals surface area contributed by atoms with Gasteiger partial charge in [-0.05, 0) is 36.6 Å². The predicted molar refractivity (Wildman–Crippen MR) is 93.1 cm³/mol. The van der Waals surface area contributed by atoms with Crippen molar-refractivity contribution in [3.63, 3.8) is 0 Å². The molecule has 6 nitrogen and oxygen atoms in total. The summed E-state index contributed by atoms with van der Waals surface area (Å²) in [4.78, 5) is 25.1. The number of hydrogen-bond acceptors (Lipinski definition) is 5. The zero-order chi connectivity index (χ0) is 16.4. The monoisotopic (exact) mass is 321 g/mol. The van der Waals surface area contributed by atoms with Crippen molar-refractivity contribution < 1.29 is 4.79 Å². The van der Waals surface area contributed by atoms with Crippen LogP contribution in [0.4, 0.5) is 0 Å². The van der Waals surface area contributed by atoms with Gasteiger partial charge in [0.1, 0.15) is 5.70 Å². The predicted octanol–water partition coefficient (Wildman–Crippen LogP) is 2.38. The summed E-state index contributed by atoms with van der Waals surface area (Å²) < 4.78 is 0. The average molecular weight is 321 g/mol. The largest absolute Gasteiger partial charge is 0.353 e. The van der Waals surface area contributed by atoms with E-state index in [1.807, 2.05) is 18.2 Å². The van der Waals surface area contributed by atoms with Crippen LogP contribution in [0.1, 0.15) is 37.7 Å². The maximum Gasteiger partial charge on any atom is 0.276 e. The van der Waals surface area contributed by atoms with Crippen molar-refractivity contribution in [2.45, 2.75) is 38.1 Å². The van der Waals surface area contributed by atoms with Crippen molar-refractivity contribution in [1.29, 1.82) is 0 Å². The second-order valence-electron chi connectivity index (χ2n) is 6.23. The maximum absolute atomic E-state index is 12.1. The van der Waals surface area contributed by atoms with Crippen LogP contribution in [0, 0.1) is 0 Å². The molecule has 122 valence electrons. The summed E-state index contributed by atoms with van der Waals surface area (Å²) in [6, 6.07) is 6.13. The number of aliphatic imine (C=N–C) groups is 1. The second kappa shape index (κ2) is 6.39. The number of nitrogens with one attached hydrogen (secondary N) is 2. The Balaban J connectivity index is 1.55. The summed E-state index contributed by atoms with van der Waals surface area (Å²) in [5.74, 6) is 0.395. The minimum atomic E-state index is -0.174. The smallest absolute Gasteiger partial charge is 0.276 e. The topological polar surface area (TPSA) is 79.3 Å². The van der Waals surface area contributed by atoms with Gasteiger partial charge >= 0.3 is 0 Å². The van der Waals surface area contributed by atoms with E-state index >= 15 is 0 Å². The van der Waals surface area contributed by atoms with Crippen molar-refractivity contribution in [2.75, 3.05) is 0 Å². The van der Waals surface area contributed by atoms with Gasteiger partial charge < -0.3 is 5.32 Å². The summed E-state index contributed by atoms with van der Waals surface area (Å²) in [6.45, 7) is 0. The Morgan fingerprint density at radius 3 is 2.71 bits per heavy atom. The number of amides is 1. The van der Waals surface area contributed by atoms with E-state index in [9.17, 15) is 4.79 Å². The van der Waals surface area contributed by atoms with Crippen LogP contribution >= 0.6 is 0 Å². The van der Waals surface area contributed by atoms with Gasteiger partial charge in [0.15, 0.2) is 0 Å². The molecule has 0 atom stereocenters. The van der Waals surface area contributed by atoms with Crippen LogP contribution in [-0.2, 0) is 4.79 Å². The number of hydrogen-bond donors (Lipinski definition) is 2. The van der Waals surface area contributed by atoms with Gasteiger partial charge in [0.05, 0.1) is 11.0 Å². The van der Waals surface area contributed by atoms with Crippen LogP contribution in [-0.4, -0.2) is 27.9 Å². The lowest BCUT2D eigenvalue weighted by atomic mass is 9.96. The molecular weight excluding hydrogens is 302 g/mol. The van der Waals surface area contributed by atoms with Gasteiger partial charge in [0.2, 0.25) is 5.96 Å². The van der Waals surface area contributed by atoms with Crippen molar-refractivity contribution >= 4 is 29.0 Å². The number of guanidine groups is 1. The number of carbonyl (C=O) groups is 1. The molecule has 0 saturated heterocycles. The third-order valence-electron chi connectivity index (χ3n) is 4.44. The van der Waals surface area contributed by atoms with Crippen molar-refractivity contribution in [3.05, 3.63) is 41.9 Å². The molecule has 2 N–H and O–H groups in total. The first-order valence-corrected chi connectivity index (χ1v) is 8.37. The Morgan fingerprint density at radius 1 is 1.08 bits per heavy atom. The molecule has 2 aromatic rings. The number of benzene rings is 1. The first-order valence-electron chi connectivity index (χ1n) is 8.37. The van der Waals surface area contributed by atoms with Gasteiger partial charge in [-0.2, -0.15) is 0 Å². The molecule has 6 heteroatoms. The lowest BCUT2D eigenvalue weighted by Crippen LogP contribution is -2.43. The van der Waals surface area contributed by atoms with Gasteiger partial charge in [-0.25, -0.2) is 4.99 Å². The van der Waals surface area contributed by atoms with Gasteiger partial charge in [0, 0.05) is 18.4 Å². The number of carbonyl (C=O) groups excluding carboxylic acids is 1. The van der Waals surface area contributed by atoms with Crippen molar-refractivity contribution in [2.24, 2.45) is 4.99 Å². The fourth-order valence-corrected chi connectivity index (χ4v) is 3.21. The number of nitrogens with zero attached hydrogens (tertiary/aromatic N) is 3. The molecule has 24 heavy (non-hydrogen) atoms. The SMILES string of the molecule is O=C1NC(NC2CCCCC2)=N/C1=C\c1ccc2nccnc2c1. The van der Waals surface area contributed by atoms with Crippen LogP contribution < -0.4 is 10.6 Å². The highest BCUT2D eigenvalue weighted by atomic mass is 16.2. The highest BCUT2D eigenvalue weighted by Crippen LogP contribution is 2.19. The van der Waals surface area contributed by atoms with E-state index in [1.54, 1.807) is 18.5 Å². The molecule has 2 aliphatic rings. The van der Waals surface area contributed by atoms with E-state index in [1.165, 1.54) is 19.3 Å². The summed E-state index contributed by atoms with van der Waals surface area (Å²) in [5, 5.41) is 6.16. The molecule has 0 unspecified atom stereocenters. The van der Waals surface area contributed by atoms with E-state index < -0.39 is 0 Å². The van der Waals surface area contributed by atoms with Gasteiger partial charge in [-0.1, -0.05) is 25.3 Å². The molecule has 4 rings (SSSR count). The molecule has 0 bridgehead atoms. The molecule has 2 heterocycles. The quantitative estimate of drug-likeness (QED) is 0.832.